The SMILES string of the molecule is COc1cc2c(cc1O)CCC1C2CC[C@@]2(C)C1CCC[C@H]2O. The van der Waals surface area contributed by atoms with Gasteiger partial charge in [0.15, 0.2) is 11.5 Å². The van der Waals surface area contributed by atoms with Crippen LogP contribution in [0.1, 0.15) is 62.5 Å². The van der Waals surface area contributed by atoms with Gasteiger partial charge in [-0.3, -0.25) is 0 Å². The number of phenolic OH excluding ortho intramolecular Hbond substituents is 1. The highest BCUT2D eigenvalue weighted by Gasteiger charge is 2.52. The summed E-state index contributed by atoms with van der Waals surface area (Å²) in [6, 6.07) is 3.98. The van der Waals surface area contributed by atoms with Gasteiger partial charge < -0.3 is 14.9 Å². The van der Waals surface area contributed by atoms with E-state index in [0.29, 0.717) is 23.5 Å². The fourth-order valence-electron chi connectivity index (χ4n) is 5.92. The monoisotopic (exact) mass is 316 g/mol. The van der Waals surface area contributed by atoms with Gasteiger partial charge >= 0.3 is 0 Å². The third kappa shape index (κ3) is 2.20. The van der Waals surface area contributed by atoms with Crippen molar-refractivity contribution >= 4 is 0 Å². The molecule has 0 radical (unpaired) electrons. The zero-order valence-electron chi connectivity index (χ0n) is 14.2. The summed E-state index contributed by atoms with van der Waals surface area (Å²) in [5, 5.41) is 20.7. The molecule has 2 saturated carbocycles. The number of benzene rings is 1. The number of rotatable bonds is 1. The van der Waals surface area contributed by atoms with Crippen molar-refractivity contribution in [3.63, 3.8) is 0 Å². The van der Waals surface area contributed by atoms with Gasteiger partial charge in [0.2, 0.25) is 0 Å². The first kappa shape index (κ1) is 15.3. The standard InChI is InChI=1S/C20H28O3/c1-20-9-8-13-14(16(20)4-3-5-19(20)22)7-6-12-10-17(21)18(23-2)11-15(12)13/h10-11,13-14,16,19,21-22H,3-9H2,1-2H3/t13?,14?,16?,19-,20+/m1/s1. The summed E-state index contributed by atoms with van der Waals surface area (Å²) in [6.45, 7) is 2.32. The predicted octanol–water partition coefficient (Wildman–Crippen LogP) is 4.01. The molecule has 3 nitrogen and oxygen atoms in total. The van der Waals surface area contributed by atoms with Crippen molar-refractivity contribution in [1.82, 2.24) is 0 Å². The van der Waals surface area contributed by atoms with Crippen molar-refractivity contribution in [3.8, 4) is 11.5 Å². The number of ether oxygens (including phenoxy) is 1. The number of methoxy groups -OCH3 is 1. The van der Waals surface area contributed by atoms with Crippen molar-refractivity contribution in [2.75, 3.05) is 7.11 Å². The van der Waals surface area contributed by atoms with Gasteiger partial charge in [0.05, 0.1) is 13.2 Å². The van der Waals surface area contributed by atoms with E-state index in [-0.39, 0.29) is 17.3 Å². The predicted molar refractivity (Wildman–Crippen MR) is 89.9 cm³/mol. The van der Waals surface area contributed by atoms with E-state index in [0.717, 1.165) is 32.1 Å². The quantitative estimate of drug-likeness (QED) is 0.823. The molecule has 0 heterocycles. The summed E-state index contributed by atoms with van der Waals surface area (Å²) in [6.07, 6.45) is 7.77. The fraction of sp³-hybridized carbons (Fsp3) is 0.700. The first-order valence-corrected chi connectivity index (χ1v) is 9.12. The lowest BCUT2D eigenvalue weighted by atomic mass is 9.50. The van der Waals surface area contributed by atoms with Crippen molar-refractivity contribution in [2.24, 2.45) is 17.3 Å². The number of fused-ring (bicyclic) bond motifs is 5. The van der Waals surface area contributed by atoms with E-state index in [1.807, 2.05) is 6.07 Å². The average Bonchev–Trinajstić information content (AvgIpc) is 2.55. The van der Waals surface area contributed by atoms with Crippen molar-refractivity contribution in [2.45, 2.75) is 63.9 Å². The minimum Gasteiger partial charge on any atom is -0.504 e. The Morgan fingerprint density at radius 2 is 2.00 bits per heavy atom. The molecule has 0 spiro atoms. The second kappa shape index (κ2) is 5.41. The van der Waals surface area contributed by atoms with Crippen molar-refractivity contribution in [3.05, 3.63) is 23.3 Å². The molecule has 0 aromatic heterocycles. The van der Waals surface area contributed by atoms with Gasteiger partial charge in [0.25, 0.3) is 0 Å². The largest absolute Gasteiger partial charge is 0.504 e. The van der Waals surface area contributed by atoms with Crippen LogP contribution in [0.4, 0.5) is 0 Å². The van der Waals surface area contributed by atoms with Gasteiger partial charge in [-0.25, -0.2) is 0 Å². The van der Waals surface area contributed by atoms with Gasteiger partial charge in [-0.05, 0) is 85.0 Å². The zero-order valence-corrected chi connectivity index (χ0v) is 14.2. The van der Waals surface area contributed by atoms with Crippen LogP contribution >= 0.6 is 0 Å². The molecule has 3 heteroatoms. The van der Waals surface area contributed by atoms with Gasteiger partial charge in [-0.2, -0.15) is 0 Å². The van der Waals surface area contributed by atoms with Crippen LogP contribution in [0.15, 0.2) is 12.1 Å². The Hall–Kier alpha value is -1.22. The molecule has 1 aromatic rings. The average molecular weight is 316 g/mol. The van der Waals surface area contributed by atoms with E-state index in [2.05, 4.69) is 13.0 Å². The van der Waals surface area contributed by atoms with E-state index in [1.165, 1.54) is 24.0 Å². The Kier molecular flexibility index (Phi) is 3.60. The van der Waals surface area contributed by atoms with Crippen molar-refractivity contribution < 1.29 is 14.9 Å². The minimum atomic E-state index is -0.127. The van der Waals surface area contributed by atoms with E-state index < -0.39 is 0 Å². The molecule has 1 aromatic carbocycles. The van der Waals surface area contributed by atoms with Crippen LogP contribution in [0.25, 0.3) is 0 Å². The number of aryl methyl sites for hydroxylation is 1. The number of aromatic hydroxyl groups is 1. The Bertz CT molecular complexity index is 611. The van der Waals surface area contributed by atoms with Crippen LogP contribution in [0.3, 0.4) is 0 Å². The molecular formula is C20H28O3. The maximum atomic E-state index is 10.6. The third-order valence-corrected chi connectivity index (χ3v) is 7.22. The van der Waals surface area contributed by atoms with Crippen LogP contribution in [0, 0.1) is 17.3 Å². The van der Waals surface area contributed by atoms with E-state index >= 15 is 0 Å². The molecular weight excluding hydrogens is 288 g/mol. The Morgan fingerprint density at radius 1 is 1.17 bits per heavy atom. The minimum absolute atomic E-state index is 0.109. The van der Waals surface area contributed by atoms with Crippen molar-refractivity contribution in [1.29, 1.82) is 0 Å². The molecule has 0 aliphatic heterocycles. The number of phenols is 1. The van der Waals surface area contributed by atoms with Crippen LogP contribution < -0.4 is 4.74 Å². The molecule has 5 atom stereocenters. The summed E-state index contributed by atoms with van der Waals surface area (Å²) >= 11 is 0. The summed E-state index contributed by atoms with van der Waals surface area (Å²) in [7, 11) is 1.62. The molecule has 126 valence electrons. The molecule has 23 heavy (non-hydrogen) atoms. The van der Waals surface area contributed by atoms with Gasteiger partial charge in [-0.15, -0.1) is 0 Å². The number of hydrogen-bond acceptors (Lipinski definition) is 3. The van der Waals surface area contributed by atoms with E-state index in [1.54, 1.807) is 7.11 Å². The fourth-order valence-corrected chi connectivity index (χ4v) is 5.92. The molecule has 2 fully saturated rings. The second-order valence-electron chi connectivity index (χ2n) is 8.13. The Labute approximate surface area is 138 Å². The van der Waals surface area contributed by atoms with Gasteiger partial charge in [-0.1, -0.05) is 13.3 Å². The van der Waals surface area contributed by atoms with Gasteiger partial charge in [0, 0.05) is 0 Å². The lowest BCUT2D eigenvalue weighted by Gasteiger charge is -2.56. The molecule has 4 rings (SSSR count). The smallest absolute Gasteiger partial charge is 0.160 e. The van der Waals surface area contributed by atoms with Crippen LogP contribution in [-0.4, -0.2) is 23.4 Å². The van der Waals surface area contributed by atoms with Crippen LogP contribution in [-0.2, 0) is 6.42 Å². The zero-order chi connectivity index (χ0) is 16.2. The van der Waals surface area contributed by atoms with E-state index in [9.17, 15) is 10.2 Å². The first-order valence-electron chi connectivity index (χ1n) is 9.12. The van der Waals surface area contributed by atoms with Crippen LogP contribution in [0.5, 0.6) is 11.5 Å². The maximum absolute atomic E-state index is 10.6. The molecule has 0 amide bonds. The molecule has 2 N–H and O–H groups in total. The van der Waals surface area contributed by atoms with E-state index in [4.69, 9.17) is 4.74 Å². The summed E-state index contributed by atoms with van der Waals surface area (Å²) < 4.78 is 5.34. The highest BCUT2D eigenvalue weighted by Crippen LogP contribution is 2.60. The molecule has 3 unspecified atom stereocenters. The first-order chi connectivity index (χ1) is 11.0. The molecule has 0 bridgehead atoms. The second-order valence-corrected chi connectivity index (χ2v) is 8.13. The lowest BCUT2D eigenvalue weighted by Crippen LogP contribution is -2.51. The third-order valence-electron chi connectivity index (χ3n) is 7.22. The molecule has 3 aliphatic rings. The highest BCUT2D eigenvalue weighted by atomic mass is 16.5. The Morgan fingerprint density at radius 3 is 2.78 bits per heavy atom. The highest BCUT2D eigenvalue weighted by molar-refractivity contribution is 5.49. The van der Waals surface area contributed by atoms with Crippen LogP contribution in [0.2, 0.25) is 0 Å². The summed E-state index contributed by atoms with van der Waals surface area (Å²) in [5.74, 6) is 2.74. The Balaban J connectivity index is 1.71. The summed E-state index contributed by atoms with van der Waals surface area (Å²) in [5.41, 5.74) is 2.79. The lowest BCUT2D eigenvalue weighted by molar-refractivity contribution is -0.0976. The maximum Gasteiger partial charge on any atom is 0.160 e. The molecule has 0 saturated heterocycles. The number of aliphatic hydroxyl groups is 1. The number of aliphatic hydroxyl groups excluding tert-OH is 1. The topological polar surface area (TPSA) is 49.7 Å². The summed E-state index contributed by atoms with van der Waals surface area (Å²) in [4.78, 5) is 0. The van der Waals surface area contributed by atoms with Gasteiger partial charge in [0.1, 0.15) is 0 Å². The normalized spacial score (nSPS) is 39.1. The molecule has 3 aliphatic carbocycles. The number of hydrogen-bond donors (Lipinski definition) is 2.